The minimum absolute atomic E-state index is 0.156. The fourth-order valence-corrected chi connectivity index (χ4v) is 3.50. The molecule has 0 fully saturated rings. The maximum Gasteiger partial charge on any atom is 0.343 e. The van der Waals surface area contributed by atoms with E-state index >= 15 is 0 Å². The number of aryl methyl sites for hydroxylation is 2. The molecule has 0 N–H and O–H groups in total. The van der Waals surface area contributed by atoms with E-state index in [1.165, 1.54) is 17.8 Å². The van der Waals surface area contributed by atoms with Crippen molar-refractivity contribution >= 4 is 33.7 Å². The Morgan fingerprint density at radius 2 is 1.93 bits per heavy atom. The number of hydrogen-bond donors (Lipinski definition) is 0. The van der Waals surface area contributed by atoms with Crippen LogP contribution in [-0.2, 0) is 5.75 Å². The van der Waals surface area contributed by atoms with Crippen molar-refractivity contribution in [1.82, 2.24) is 9.97 Å². The number of rotatable bonds is 5. The number of esters is 1. The molecule has 0 aliphatic heterocycles. The third kappa shape index (κ3) is 5.27. The number of benzene rings is 1. The molecule has 0 saturated heterocycles. The summed E-state index contributed by atoms with van der Waals surface area (Å²) in [4.78, 5) is 33.0. The van der Waals surface area contributed by atoms with Crippen molar-refractivity contribution in [2.75, 3.05) is 0 Å². The molecule has 0 unspecified atom stereocenters. The Kier molecular flexibility index (Phi) is 6.08. The van der Waals surface area contributed by atoms with Crippen molar-refractivity contribution in [3.8, 4) is 5.75 Å². The van der Waals surface area contributed by atoms with Crippen LogP contribution in [0.25, 0.3) is 0 Å². The van der Waals surface area contributed by atoms with Gasteiger partial charge < -0.3 is 9.15 Å². The second kappa shape index (κ2) is 8.49. The van der Waals surface area contributed by atoms with Crippen LogP contribution in [-0.4, -0.2) is 15.9 Å². The van der Waals surface area contributed by atoms with Gasteiger partial charge in [0.05, 0.1) is 11.3 Å². The maximum absolute atomic E-state index is 12.2. The minimum atomic E-state index is -0.630. The van der Waals surface area contributed by atoms with Crippen molar-refractivity contribution in [1.29, 1.82) is 0 Å². The van der Waals surface area contributed by atoms with Gasteiger partial charge in [0.2, 0.25) is 11.2 Å². The highest BCUT2D eigenvalue weighted by atomic mass is 79.9. The van der Waals surface area contributed by atoms with Crippen LogP contribution in [0.4, 0.5) is 0 Å². The van der Waals surface area contributed by atoms with Gasteiger partial charge in [0, 0.05) is 21.9 Å². The molecule has 6 nitrogen and oxygen atoms in total. The van der Waals surface area contributed by atoms with Crippen LogP contribution < -0.4 is 10.2 Å². The lowest BCUT2D eigenvalue weighted by molar-refractivity contribution is 0.0728. The summed E-state index contributed by atoms with van der Waals surface area (Å²) >= 11 is 4.65. The lowest BCUT2D eigenvalue weighted by Gasteiger charge is -2.05. The van der Waals surface area contributed by atoms with Crippen molar-refractivity contribution in [3.05, 3.63) is 80.1 Å². The first-order valence-corrected chi connectivity index (χ1v) is 9.73. The Labute approximate surface area is 168 Å². The number of thioether (sulfide) groups is 1. The van der Waals surface area contributed by atoms with E-state index in [0.717, 1.165) is 22.1 Å². The summed E-state index contributed by atoms with van der Waals surface area (Å²) in [5.41, 5.74) is 1.65. The highest BCUT2D eigenvalue weighted by molar-refractivity contribution is 9.10. The van der Waals surface area contributed by atoms with Gasteiger partial charge in [-0.15, -0.1) is 0 Å². The molecule has 2 aromatic heterocycles. The summed E-state index contributed by atoms with van der Waals surface area (Å²) in [5.74, 6) is 0.0404. The first kappa shape index (κ1) is 19.3. The monoisotopic (exact) mass is 446 g/mol. The van der Waals surface area contributed by atoms with E-state index in [1.54, 1.807) is 24.3 Å². The van der Waals surface area contributed by atoms with Gasteiger partial charge in [-0.25, -0.2) is 14.8 Å². The molecule has 2 heterocycles. The standard InChI is InChI=1S/C19H15BrN2O4S/c1-11-6-12(2)22-19(21-11)27-10-15-8-16(23)17(9-25-15)26-18(24)13-4-3-5-14(20)7-13/h3-9H,10H2,1-2H3. The summed E-state index contributed by atoms with van der Waals surface area (Å²) in [6.07, 6.45) is 1.15. The molecule has 0 amide bonds. The number of aromatic nitrogens is 2. The molecule has 0 bridgehead atoms. The molecule has 0 radical (unpaired) electrons. The first-order valence-electron chi connectivity index (χ1n) is 7.95. The predicted octanol–water partition coefficient (Wildman–Crippen LogP) is 4.32. The Morgan fingerprint density at radius 1 is 1.19 bits per heavy atom. The minimum Gasteiger partial charge on any atom is -0.464 e. The summed E-state index contributed by atoms with van der Waals surface area (Å²) in [6, 6.07) is 9.90. The zero-order valence-electron chi connectivity index (χ0n) is 14.6. The van der Waals surface area contributed by atoms with Gasteiger partial charge >= 0.3 is 5.97 Å². The average molecular weight is 447 g/mol. The number of ether oxygens (including phenoxy) is 1. The van der Waals surface area contributed by atoms with E-state index in [0.29, 0.717) is 22.2 Å². The quantitative estimate of drug-likeness (QED) is 0.327. The van der Waals surface area contributed by atoms with Crippen molar-refractivity contribution in [3.63, 3.8) is 0 Å². The van der Waals surface area contributed by atoms with Gasteiger partial charge in [-0.05, 0) is 38.1 Å². The SMILES string of the molecule is Cc1cc(C)nc(SCc2cc(=O)c(OC(=O)c3cccc(Br)c3)co2)n1. The summed E-state index contributed by atoms with van der Waals surface area (Å²) in [5, 5.41) is 0.611. The molecule has 0 aliphatic carbocycles. The van der Waals surface area contributed by atoms with E-state index in [9.17, 15) is 9.59 Å². The van der Waals surface area contributed by atoms with Crippen LogP contribution in [0.5, 0.6) is 5.75 Å². The van der Waals surface area contributed by atoms with Crippen LogP contribution in [0.15, 0.2) is 61.5 Å². The van der Waals surface area contributed by atoms with Crippen LogP contribution in [0.3, 0.4) is 0 Å². The van der Waals surface area contributed by atoms with E-state index < -0.39 is 11.4 Å². The van der Waals surface area contributed by atoms with Gasteiger partial charge in [0.1, 0.15) is 12.0 Å². The lowest BCUT2D eigenvalue weighted by atomic mass is 10.2. The zero-order chi connectivity index (χ0) is 19.4. The first-order chi connectivity index (χ1) is 12.9. The van der Waals surface area contributed by atoms with Crippen molar-refractivity contribution in [2.24, 2.45) is 0 Å². The second-order valence-electron chi connectivity index (χ2n) is 5.70. The van der Waals surface area contributed by atoms with E-state index in [1.807, 2.05) is 19.9 Å². The fraction of sp³-hybridized carbons (Fsp3) is 0.158. The lowest BCUT2D eigenvalue weighted by Crippen LogP contribution is -2.14. The zero-order valence-corrected chi connectivity index (χ0v) is 17.0. The molecule has 3 aromatic rings. The molecular formula is C19H15BrN2O4S. The van der Waals surface area contributed by atoms with Gasteiger partial charge in [0.15, 0.2) is 5.16 Å². The number of carbonyl (C=O) groups is 1. The fourth-order valence-electron chi connectivity index (χ4n) is 2.26. The normalized spacial score (nSPS) is 10.6. The Morgan fingerprint density at radius 3 is 2.59 bits per heavy atom. The van der Waals surface area contributed by atoms with E-state index in [2.05, 4.69) is 25.9 Å². The third-order valence-corrected chi connectivity index (χ3v) is 4.78. The molecule has 0 aliphatic rings. The topological polar surface area (TPSA) is 82.3 Å². The Balaban J connectivity index is 1.68. The van der Waals surface area contributed by atoms with Crippen LogP contribution >= 0.6 is 27.7 Å². The molecule has 1 aromatic carbocycles. The second-order valence-corrected chi connectivity index (χ2v) is 7.55. The number of carbonyl (C=O) groups excluding carboxylic acids is 1. The number of nitrogens with zero attached hydrogens (tertiary/aromatic N) is 2. The van der Waals surface area contributed by atoms with Gasteiger partial charge in [0.25, 0.3) is 0 Å². The number of halogens is 1. The van der Waals surface area contributed by atoms with E-state index in [4.69, 9.17) is 9.15 Å². The van der Waals surface area contributed by atoms with E-state index in [-0.39, 0.29) is 5.75 Å². The van der Waals surface area contributed by atoms with Crippen molar-refractivity contribution in [2.45, 2.75) is 24.8 Å². The van der Waals surface area contributed by atoms with Crippen LogP contribution in [0.1, 0.15) is 27.5 Å². The maximum atomic E-state index is 12.2. The Hall–Kier alpha value is -2.45. The van der Waals surface area contributed by atoms with Gasteiger partial charge in [-0.3, -0.25) is 4.79 Å². The summed E-state index contributed by atoms with van der Waals surface area (Å²) in [6.45, 7) is 3.79. The van der Waals surface area contributed by atoms with Crippen LogP contribution in [0.2, 0.25) is 0 Å². The predicted molar refractivity (Wildman–Crippen MR) is 105 cm³/mol. The summed E-state index contributed by atoms with van der Waals surface area (Å²) in [7, 11) is 0. The van der Waals surface area contributed by atoms with Crippen molar-refractivity contribution < 1.29 is 13.9 Å². The molecule has 0 spiro atoms. The highest BCUT2D eigenvalue weighted by Crippen LogP contribution is 2.20. The molecule has 0 saturated carbocycles. The molecule has 27 heavy (non-hydrogen) atoms. The highest BCUT2D eigenvalue weighted by Gasteiger charge is 2.13. The van der Waals surface area contributed by atoms with Crippen LogP contribution in [0, 0.1) is 13.8 Å². The summed E-state index contributed by atoms with van der Waals surface area (Å²) < 4.78 is 11.3. The molecule has 3 rings (SSSR count). The molecular weight excluding hydrogens is 432 g/mol. The van der Waals surface area contributed by atoms with Gasteiger partial charge in [-0.1, -0.05) is 33.8 Å². The average Bonchev–Trinajstić information content (AvgIpc) is 2.61. The Bertz CT molecular complexity index is 1030. The molecule has 138 valence electrons. The molecule has 8 heteroatoms. The molecule has 0 atom stereocenters. The largest absolute Gasteiger partial charge is 0.464 e. The smallest absolute Gasteiger partial charge is 0.343 e. The van der Waals surface area contributed by atoms with Gasteiger partial charge in [-0.2, -0.15) is 0 Å². The number of hydrogen-bond acceptors (Lipinski definition) is 7. The third-order valence-electron chi connectivity index (χ3n) is 3.42.